The third kappa shape index (κ3) is 7.64. The number of nitrogens with one attached hydrogen (secondary N) is 1. The second-order valence-electron chi connectivity index (χ2n) is 8.46. The van der Waals surface area contributed by atoms with Gasteiger partial charge in [0.2, 0.25) is 5.91 Å². The van der Waals surface area contributed by atoms with Crippen molar-refractivity contribution in [3.05, 3.63) is 125 Å². The topological polar surface area (TPSA) is 56.8 Å². The van der Waals surface area contributed by atoms with Gasteiger partial charge >= 0.3 is 0 Å². The Morgan fingerprint density at radius 2 is 1.33 bits per heavy atom. The number of ether oxygens (including phenoxy) is 3. The SMILES string of the molecule is COc1cc(CCNC(=O)Cc2cccc(OCc3ccccc3)c2)ccc1OCc1ccccc1. The van der Waals surface area contributed by atoms with Crippen molar-refractivity contribution in [3.8, 4) is 17.2 Å². The van der Waals surface area contributed by atoms with Crippen molar-refractivity contribution in [2.24, 2.45) is 0 Å². The lowest BCUT2D eigenvalue weighted by Crippen LogP contribution is -2.27. The first-order chi connectivity index (χ1) is 17.7. The van der Waals surface area contributed by atoms with Crippen LogP contribution in [0.3, 0.4) is 0 Å². The van der Waals surface area contributed by atoms with E-state index in [4.69, 9.17) is 14.2 Å². The molecular formula is C31H31NO4. The highest BCUT2D eigenvalue weighted by Crippen LogP contribution is 2.29. The smallest absolute Gasteiger partial charge is 0.224 e. The zero-order chi connectivity index (χ0) is 25.0. The molecule has 0 heterocycles. The van der Waals surface area contributed by atoms with Crippen LogP contribution in [0.15, 0.2) is 103 Å². The van der Waals surface area contributed by atoms with Crippen LogP contribution in [0.4, 0.5) is 0 Å². The van der Waals surface area contributed by atoms with Gasteiger partial charge in [-0.2, -0.15) is 0 Å². The second kappa shape index (κ2) is 13.0. The van der Waals surface area contributed by atoms with E-state index in [1.165, 1.54) is 0 Å². The first-order valence-corrected chi connectivity index (χ1v) is 12.1. The Balaban J connectivity index is 1.23. The van der Waals surface area contributed by atoms with E-state index in [0.29, 0.717) is 44.1 Å². The summed E-state index contributed by atoms with van der Waals surface area (Å²) in [6.45, 7) is 1.51. The van der Waals surface area contributed by atoms with E-state index in [2.05, 4.69) is 5.32 Å². The van der Waals surface area contributed by atoms with Crippen LogP contribution < -0.4 is 19.5 Å². The van der Waals surface area contributed by atoms with Crippen LogP contribution in [0, 0.1) is 0 Å². The van der Waals surface area contributed by atoms with Crippen LogP contribution in [0.5, 0.6) is 17.2 Å². The van der Waals surface area contributed by atoms with Crippen molar-refractivity contribution < 1.29 is 19.0 Å². The lowest BCUT2D eigenvalue weighted by molar-refractivity contribution is -0.120. The molecule has 0 radical (unpaired) electrons. The van der Waals surface area contributed by atoms with E-state index in [-0.39, 0.29) is 5.91 Å². The van der Waals surface area contributed by atoms with E-state index in [9.17, 15) is 4.79 Å². The highest BCUT2D eigenvalue weighted by molar-refractivity contribution is 5.78. The van der Waals surface area contributed by atoms with Gasteiger partial charge in [0.05, 0.1) is 13.5 Å². The van der Waals surface area contributed by atoms with Crippen LogP contribution >= 0.6 is 0 Å². The van der Waals surface area contributed by atoms with Gasteiger partial charge in [-0.05, 0) is 52.9 Å². The Morgan fingerprint density at radius 3 is 2.03 bits per heavy atom. The maximum Gasteiger partial charge on any atom is 0.224 e. The maximum absolute atomic E-state index is 12.5. The van der Waals surface area contributed by atoms with E-state index in [1.54, 1.807) is 7.11 Å². The second-order valence-corrected chi connectivity index (χ2v) is 8.46. The lowest BCUT2D eigenvalue weighted by Gasteiger charge is -2.13. The summed E-state index contributed by atoms with van der Waals surface area (Å²) in [5, 5.41) is 3.00. The number of amides is 1. The van der Waals surface area contributed by atoms with Gasteiger partial charge in [-0.1, -0.05) is 78.9 Å². The molecule has 0 unspecified atom stereocenters. The van der Waals surface area contributed by atoms with Crippen LogP contribution in [0.1, 0.15) is 22.3 Å². The van der Waals surface area contributed by atoms with Gasteiger partial charge < -0.3 is 19.5 Å². The molecule has 4 aromatic rings. The molecule has 4 aromatic carbocycles. The van der Waals surface area contributed by atoms with Gasteiger partial charge in [-0.15, -0.1) is 0 Å². The van der Waals surface area contributed by atoms with Crippen molar-refractivity contribution in [3.63, 3.8) is 0 Å². The van der Waals surface area contributed by atoms with Crippen molar-refractivity contribution >= 4 is 5.91 Å². The number of carbonyl (C=O) groups excluding carboxylic acids is 1. The summed E-state index contributed by atoms with van der Waals surface area (Å²) in [6, 6.07) is 33.6. The fourth-order valence-electron chi connectivity index (χ4n) is 3.80. The van der Waals surface area contributed by atoms with Crippen molar-refractivity contribution in [1.82, 2.24) is 5.32 Å². The van der Waals surface area contributed by atoms with Gasteiger partial charge in [0.25, 0.3) is 0 Å². The monoisotopic (exact) mass is 481 g/mol. The Hall–Kier alpha value is -4.25. The van der Waals surface area contributed by atoms with Crippen LogP contribution in [-0.2, 0) is 30.8 Å². The third-order valence-corrected chi connectivity index (χ3v) is 5.71. The average molecular weight is 482 g/mol. The van der Waals surface area contributed by atoms with Crippen LogP contribution in [-0.4, -0.2) is 19.6 Å². The number of hydrogen-bond acceptors (Lipinski definition) is 4. The molecule has 0 spiro atoms. The summed E-state index contributed by atoms with van der Waals surface area (Å²) < 4.78 is 17.3. The molecule has 0 atom stereocenters. The highest BCUT2D eigenvalue weighted by atomic mass is 16.5. The summed E-state index contributed by atoms with van der Waals surface area (Å²) >= 11 is 0. The number of rotatable bonds is 12. The number of carbonyl (C=O) groups is 1. The van der Waals surface area contributed by atoms with Crippen LogP contribution in [0.2, 0.25) is 0 Å². The summed E-state index contributed by atoms with van der Waals surface area (Å²) in [5.41, 5.74) is 4.18. The number of hydrogen-bond donors (Lipinski definition) is 1. The molecule has 5 heteroatoms. The van der Waals surface area contributed by atoms with Gasteiger partial charge in [-0.3, -0.25) is 4.79 Å². The zero-order valence-electron chi connectivity index (χ0n) is 20.5. The summed E-state index contributed by atoms with van der Waals surface area (Å²) in [5.74, 6) is 2.11. The van der Waals surface area contributed by atoms with E-state index in [1.807, 2.05) is 103 Å². The molecule has 1 amide bonds. The number of benzene rings is 4. The molecule has 0 aromatic heterocycles. The molecule has 4 rings (SSSR count). The highest BCUT2D eigenvalue weighted by Gasteiger charge is 2.08. The third-order valence-electron chi connectivity index (χ3n) is 5.71. The van der Waals surface area contributed by atoms with E-state index >= 15 is 0 Å². The molecular weight excluding hydrogens is 450 g/mol. The number of methoxy groups -OCH3 is 1. The van der Waals surface area contributed by atoms with Crippen molar-refractivity contribution in [2.45, 2.75) is 26.1 Å². The summed E-state index contributed by atoms with van der Waals surface area (Å²) in [7, 11) is 1.63. The molecule has 5 nitrogen and oxygen atoms in total. The minimum atomic E-state index is -0.0232. The first-order valence-electron chi connectivity index (χ1n) is 12.1. The minimum Gasteiger partial charge on any atom is -0.493 e. The molecule has 36 heavy (non-hydrogen) atoms. The summed E-state index contributed by atoms with van der Waals surface area (Å²) in [4.78, 5) is 12.5. The molecule has 1 N–H and O–H groups in total. The fraction of sp³-hybridized carbons (Fsp3) is 0.194. The van der Waals surface area contributed by atoms with Gasteiger partial charge in [0.1, 0.15) is 19.0 Å². The Kier molecular flexibility index (Phi) is 8.98. The summed E-state index contributed by atoms with van der Waals surface area (Å²) in [6.07, 6.45) is 0.999. The van der Waals surface area contributed by atoms with Crippen LogP contribution in [0.25, 0.3) is 0 Å². The standard InChI is InChI=1S/C31H31NO4/c1-34-30-20-24(15-16-29(30)36-23-26-11-6-3-7-12-26)17-18-32-31(33)21-27-13-8-14-28(19-27)35-22-25-9-4-2-5-10-25/h2-16,19-20H,17-18,21-23H2,1H3,(H,32,33). The maximum atomic E-state index is 12.5. The normalized spacial score (nSPS) is 10.5. The van der Waals surface area contributed by atoms with Crippen molar-refractivity contribution in [2.75, 3.05) is 13.7 Å². The predicted molar refractivity (Wildman–Crippen MR) is 141 cm³/mol. The van der Waals surface area contributed by atoms with Gasteiger partial charge in [0, 0.05) is 6.54 Å². The molecule has 0 aliphatic rings. The predicted octanol–water partition coefficient (Wildman–Crippen LogP) is 5.75. The molecule has 184 valence electrons. The quantitative estimate of drug-likeness (QED) is 0.280. The molecule has 0 aliphatic carbocycles. The van der Waals surface area contributed by atoms with Gasteiger partial charge in [-0.25, -0.2) is 0 Å². The molecule has 0 saturated heterocycles. The zero-order valence-corrected chi connectivity index (χ0v) is 20.5. The average Bonchev–Trinajstić information content (AvgIpc) is 2.92. The lowest BCUT2D eigenvalue weighted by atomic mass is 10.1. The van der Waals surface area contributed by atoms with E-state index in [0.717, 1.165) is 28.0 Å². The fourth-order valence-corrected chi connectivity index (χ4v) is 3.80. The largest absolute Gasteiger partial charge is 0.493 e. The van der Waals surface area contributed by atoms with Gasteiger partial charge in [0.15, 0.2) is 11.5 Å². The van der Waals surface area contributed by atoms with Crippen molar-refractivity contribution in [1.29, 1.82) is 0 Å². The first kappa shape index (κ1) is 24.9. The molecule has 0 saturated carbocycles. The van der Waals surface area contributed by atoms with E-state index < -0.39 is 0 Å². The Labute approximate surface area is 212 Å². The molecule has 0 bridgehead atoms. The Morgan fingerprint density at radius 1 is 0.667 bits per heavy atom. The minimum absolute atomic E-state index is 0.0232. The Bertz CT molecular complexity index is 1240. The molecule has 0 aliphatic heterocycles. The molecule has 0 fully saturated rings.